The van der Waals surface area contributed by atoms with E-state index >= 15 is 0 Å². The van der Waals surface area contributed by atoms with Crippen molar-refractivity contribution in [3.63, 3.8) is 0 Å². The van der Waals surface area contributed by atoms with Crippen molar-refractivity contribution in [2.24, 2.45) is 0 Å². The third-order valence-corrected chi connectivity index (χ3v) is 3.32. The molecule has 6 heteroatoms. The number of hydrogen-bond acceptors (Lipinski definition) is 5. The van der Waals surface area contributed by atoms with E-state index < -0.39 is 0 Å². The molecule has 1 aromatic carbocycles. The molecule has 2 aromatic rings. The number of benzene rings is 1. The van der Waals surface area contributed by atoms with E-state index in [1.807, 2.05) is 5.38 Å². The molecule has 21 heavy (non-hydrogen) atoms. The fraction of sp³-hybridized carbons (Fsp3) is 0.200. The highest BCUT2D eigenvalue weighted by atomic mass is 32.1. The SMILES string of the molecule is COCCC(=O)Oc1ccc(NC(=O)c2ccsc2)cc1. The first kappa shape index (κ1) is 15.2. The lowest BCUT2D eigenvalue weighted by molar-refractivity contribution is -0.135. The number of thiophene rings is 1. The van der Waals surface area contributed by atoms with Crippen LogP contribution in [0, 0.1) is 0 Å². The molecule has 0 saturated heterocycles. The van der Waals surface area contributed by atoms with Crippen LogP contribution in [0.3, 0.4) is 0 Å². The summed E-state index contributed by atoms with van der Waals surface area (Å²) >= 11 is 1.47. The molecule has 0 atom stereocenters. The Morgan fingerprint density at radius 2 is 1.95 bits per heavy atom. The lowest BCUT2D eigenvalue weighted by Crippen LogP contribution is -2.12. The second kappa shape index (κ2) is 7.56. The molecule has 0 aliphatic heterocycles. The van der Waals surface area contributed by atoms with Gasteiger partial charge in [-0.15, -0.1) is 0 Å². The van der Waals surface area contributed by atoms with Crippen molar-refractivity contribution in [1.82, 2.24) is 0 Å². The highest BCUT2D eigenvalue weighted by molar-refractivity contribution is 7.08. The summed E-state index contributed by atoms with van der Waals surface area (Å²) in [6.07, 6.45) is 0.202. The Morgan fingerprint density at radius 3 is 2.57 bits per heavy atom. The van der Waals surface area contributed by atoms with Gasteiger partial charge in [-0.25, -0.2) is 0 Å². The molecule has 0 unspecified atom stereocenters. The van der Waals surface area contributed by atoms with Crippen LogP contribution in [0.1, 0.15) is 16.8 Å². The Morgan fingerprint density at radius 1 is 1.19 bits per heavy atom. The van der Waals surface area contributed by atoms with Gasteiger partial charge in [0.2, 0.25) is 0 Å². The molecule has 0 aliphatic carbocycles. The van der Waals surface area contributed by atoms with Crippen LogP contribution in [0.15, 0.2) is 41.1 Å². The minimum atomic E-state index is -0.355. The molecular weight excluding hydrogens is 290 g/mol. The maximum Gasteiger partial charge on any atom is 0.313 e. The summed E-state index contributed by atoms with van der Waals surface area (Å²) < 4.78 is 9.92. The Hall–Kier alpha value is -2.18. The number of amides is 1. The van der Waals surface area contributed by atoms with Gasteiger partial charge >= 0.3 is 5.97 Å². The van der Waals surface area contributed by atoms with Gasteiger partial charge < -0.3 is 14.8 Å². The molecule has 1 heterocycles. The van der Waals surface area contributed by atoms with Gasteiger partial charge in [0.15, 0.2) is 0 Å². The number of nitrogens with one attached hydrogen (secondary N) is 1. The molecule has 5 nitrogen and oxygen atoms in total. The second-order valence-electron chi connectivity index (χ2n) is 4.21. The number of hydrogen-bond donors (Lipinski definition) is 1. The first-order valence-corrected chi connectivity index (χ1v) is 7.26. The summed E-state index contributed by atoms with van der Waals surface area (Å²) in [6, 6.07) is 8.39. The van der Waals surface area contributed by atoms with E-state index in [0.29, 0.717) is 23.6 Å². The number of esters is 1. The van der Waals surface area contributed by atoms with E-state index in [1.165, 1.54) is 18.4 Å². The molecule has 0 fully saturated rings. The first-order chi connectivity index (χ1) is 10.2. The van der Waals surface area contributed by atoms with Gasteiger partial charge in [-0.05, 0) is 35.7 Å². The van der Waals surface area contributed by atoms with E-state index in [2.05, 4.69) is 5.32 Å². The Labute approximate surface area is 126 Å². The predicted octanol–water partition coefficient (Wildman–Crippen LogP) is 2.94. The zero-order valence-electron chi connectivity index (χ0n) is 11.5. The van der Waals surface area contributed by atoms with E-state index in [4.69, 9.17) is 9.47 Å². The normalized spacial score (nSPS) is 10.1. The van der Waals surface area contributed by atoms with Crippen molar-refractivity contribution in [2.75, 3.05) is 19.0 Å². The van der Waals surface area contributed by atoms with E-state index in [1.54, 1.807) is 35.7 Å². The second-order valence-corrected chi connectivity index (χ2v) is 4.99. The molecular formula is C15H15NO4S. The van der Waals surface area contributed by atoms with E-state index in [0.717, 1.165) is 0 Å². The van der Waals surface area contributed by atoms with Crippen LogP contribution < -0.4 is 10.1 Å². The topological polar surface area (TPSA) is 64.6 Å². The van der Waals surface area contributed by atoms with Crippen LogP contribution in [0.25, 0.3) is 0 Å². The van der Waals surface area contributed by atoms with Crippen molar-refractivity contribution >= 4 is 28.9 Å². The van der Waals surface area contributed by atoms with Crippen LogP contribution in [0.2, 0.25) is 0 Å². The minimum Gasteiger partial charge on any atom is -0.426 e. The van der Waals surface area contributed by atoms with Gasteiger partial charge in [-0.2, -0.15) is 11.3 Å². The average molecular weight is 305 g/mol. The lowest BCUT2D eigenvalue weighted by Gasteiger charge is -2.06. The number of methoxy groups -OCH3 is 1. The van der Waals surface area contributed by atoms with Crippen LogP contribution >= 0.6 is 11.3 Å². The van der Waals surface area contributed by atoms with Crippen molar-refractivity contribution in [3.8, 4) is 5.75 Å². The van der Waals surface area contributed by atoms with Gasteiger partial charge in [-0.3, -0.25) is 9.59 Å². The van der Waals surface area contributed by atoms with Gasteiger partial charge in [0, 0.05) is 18.2 Å². The van der Waals surface area contributed by atoms with E-state index in [-0.39, 0.29) is 18.3 Å². The number of carbonyl (C=O) groups is 2. The molecule has 0 aliphatic rings. The fourth-order valence-electron chi connectivity index (χ4n) is 1.57. The van der Waals surface area contributed by atoms with Gasteiger partial charge in [0.25, 0.3) is 5.91 Å². The Kier molecular flexibility index (Phi) is 5.48. The summed E-state index contributed by atoms with van der Waals surface area (Å²) in [5.74, 6) is -0.0855. The van der Waals surface area contributed by atoms with Gasteiger partial charge in [-0.1, -0.05) is 0 Å². The van der Waals surface area contributed by atoms with Gasteiger partial charge in [0.05, 0.1) is 18.6 Å². The molecule has 110 valence electrons. The van der Waals surface area contributed by atoms with Crippen LogP contribution in [0.4, 0.5) is 5.69 Å². The van der Waals surface area contributed by atoms with E-state index in [9.17, 15) is 9.59 Å². The fourth-order valence-corrected chi connectivity index (χ4v) is 2.21. The Bertz CT molecular complexity index is 593. The molecule has 1 aromatic heterocycles. The summed E-state index contributed by atoms with van der Waals surface area (Å²) in [5.41, 5.74) is 1.26. The maximum atomic E-state index is 11.9. The molecule has 0 bridgehead atoms. The number of carbonyl (C=O) groups excluding carboxylic acids is 2. The van der Waals surface area contributed by atoms with Crippen molar-refractivity contribution in [2.45, 2.75) is 6.42 Å². The summed E-state index contributed by atoms with van der Waals surface area (Å²) in [4.78, 5) is 23.3. The largest absolute Gasteiger partial charge is 0.426 e. The summed E-state index contributed by atoms with van der Waals surface area (Å²) in [7, 11) is 1.53. The van der Waals surface area contributed by atoms with Crippen molar-refractivity contribution < 1.29 is 19.1 Å². The number of rotatable bonds is 6. The molecule has 0 saturated carbocycles. The maximum absolute atomic E-state index is 11.9. The highest BCUT2D eigenvalue weighted by Crippen LogP contribution is 2.17. The summed E-state index contributed by atoms with van der Waals surface area (Å²) in [6.45, 7) is 0.327. The molecule has 1 amide bonds. The average Bonchev–Trinajstić information content (AvgIpc) is 3.01. The molecule has 0 spiro atoms. The number of anilines is 1. The minimum absolute atomic E-state index is 0.166. The lowest BCUT2D eigenvalue weighted by atomic mass is 10.2. The quantitative estimate of drug-likeness (QED) is 0.658. The predicted molar refractivity (Wildman–Crippen MR) is 80.8 cm³/mol. The zero-order chi connectivity index (χ0) is 15.1. The molecule has 1 N–H and O–H groups in total. The van der Waals surface area contributed by atoms with Crippen molar-refractivity contribution in [3.05, 3.63) is 46.7 Å². The van der Waals surface area contributed by atoms with Crippen LogP contribution in [-0.2, 0) is 9.53 Å². The summed E-state index contributed by atoms with van der Waals surface area (Å²) in [5, 5.41) is 6.39. The zero-order valence-corrected chi connectivity index (χ0v) is 12.3. The third kappa shape index (κ3) is 4.70. The van der Waals surface area contributed by atoms with Crippen LogP contribution in [0.5, 0.6) is 5.75 Å². The standard InChI is InChI=1S/C15H15NO4S/c1-19-8-6-14(17)20-13-4-2-12(3-5-13)16-15(18)11-7-9-21-10-11/h2-5,7,9-10H,6,8H2,1H3,(H,16,18). The first-order valence-electron chi connectivity index (χ1n) is 6.32. The molecule has 0 radical (unpaired) electrons. The van der Waals surface area contributed by atoms with Crippen molar-refractivity contribution in [1.29, 1.82) is 0 Å². The van der Waals surface area contributed by atoms with Crippen LogP contribution in [-0.4, -0.2) is 25.6 Å². The third-order valence-electron chi connectivity index (χ3n) is 2.64. The number of ether oxygens (including phenoxy) is 2. The Balaban J connectivity index is 1.90. The van der Waals surface area contributed by atoms with Gasteiger partial charge in [0.1, 0.15) is 5.75 Å². The monoisotopic (exact) mass is 305 g/mol. The smallest absolute Gasteiger partial charge is 0.313 e. The highest BCUT2D eigenvalue weighted by Gasteiger charge is 2.07. The molecule has 2 rings (SSSR count).